The predicted octanol–water partition coefficient (Wildman–Crippen LogP) is 6.10. The Bertz CT molecular complexity index is 1110. The molecule has 0 aromatic carbocycles. The van der Waals surface area contributed by atoms with Crippen molar-refractivity contribution in [1.82, 2.24) is 9.88 Å². The third kappa shape index (κ3) is 4.86. The van der Waals surface area contributed by atoms with Gasteiger partial charge in [-0.05, 0) is 104 Å². The molecular formula is C34H51N3O3. The van der Waals surface area contributed by atoms with Crippen molar-refractivity contribution >= 4 is 11.7 Å². The van der Waals surface area contributed by atoms with E-state index in [1.165, 1.54) is 32.1 Å². The van der Waals surface area contributed by atoms with Gasteiger partial charge in [0.15, 0.2) is 0 Å². The molecule has 6 heteroatoms. The Hall–Kier alpha value is -2.08. The lowest BCUT2D eigenvalue weighted by atomic mass is 9.47. The van der Waals surface area contributed by atoms with Crippen LogP contribution in [-0.2, 0) is 4.79 Å². The van der Waals surface area contributed by atoms with E-state index < -0.39 is 0 Å². The maximum Gasteiger partial charge on any atom is 0.222 e. The lowest BCUT2D eigenvalue weighted by Crippen LogP contribution is -2.51. The number of hydrogen-bond acceptors (Lipinski definition) is 5. The topological polar surface area (TPSA) is 65.9 Å². The van der Waals surface area contributed by atoms with Crippen LogP contribution in [0.5, 0.6) is 5.88 Å². The summed E-state index contributed by atoms with van der Waals surface area (Å²) in [5.74, 6) is 5.62. The maximum absolute atomic E-state index is 13.3. The summed E-state index contributed by atoms with van der Waals surface area (Å²) in [5, 5.41) is 10.3. The molecule has 1 aliphatic heterocycles. The van der Waals surface area contributed by atoms with Crippen LogP contribution in [0.15, 0.2) is 29.8 Å². The molecule has 0 radical (unpaired) electrons. The third-order valence-corrected chi connectivity index (χ3v) is 12.5. The molecule has 8 atom stereocenters. The van der Waals surface area contributed by atoms with Gasteiger partial charge in [0, 0.05) is 38.7 Å². The van der Waals surface area contributed by atoms with Gasteiger partial charge in [-0.3, -0.25) is 4.79 Å². The minimum absolute atomic E-state index is 0.127. The summed E-state index contributed by atoms with van der Waals surface area (Å²) in [7, 11) is 1.65. The highest BCUT2D eigenvalue weighted by molar-refractivity contribution is 5.76. The molecule has 4 aliphatic carbocycles. The van der Waals surface area contributed by atoms with Gasteiger partial charge in [0.1, 0.15) is 5.82 Å². The van der Waals surface area contributed by atoms with E-state index in [1.807, 2.05) is 18.2 Å². The molecule has 1 aromatic heterocycles. The van der Waals surface area contributed by atoms with E-state index in [0.717, 1.165) is 81.4 Å². The van der Waals surface area contributed by atoms with Gasteiger partial charge in [-0.2, -0.15) is 4.98 Å². The van der Waals surface area contributed by atoms with Gasteiger partial charge >= 0.3 is 0 Å². The van der Waals surface area contributed by atoms with Crippen molar-refractivity contribution in [3.05, 3.63) is 29.8 Å². The van der Waals surface area contributed by atoms with Crippen LogP contribution in [0.25, 0.3) is 0 Å². The lowest BCUT2D eigenvalue weighted by molar-refractivity contribution is -0.132. The maximum atomic E-state index is 13.3. The fourth-order valence-electron chi connectivity index (χ4n) is 10.2. The molecule has 4 fully saturated rings. The standard InChI is InChI=1S/C34H51N3O3/c1-23(8-13-32(39)37-20-18-36(19-21-37)30-6-5-7-31(35-30)40-4)27-11-12-28-26-10-9-24-22-25(38)14-16-33(24,2)29(26)15-17-34(27,28)3/h5-7,9,23,25-29,38H,8,10-22H2,1-4H3/t23?,25-,26-,27+,28-,29-,33-,34+/m0/s1. The van der Waals surface area contributed by atoms with Gasteiger partial charge in [-0.1, -0.05) is 38.5 Å². The molecule has 1 saturated heterocycles. The van der Waals surface area contributed by atoms with Crippen LogP contribution in [-0.4, -0.2) is 60.3 Å². The number of amides is 1. The molecule has 0 bridgehead atoms. The fourth-order valence-corrected chi connectivity index (χ4v) is 10.2. The Morgan fingerprint density at radius 3 is 2.67 bits per heavy atom. The van der Waals surface area contributed by atoms with Gasteiger partial charge < -0.3 is 19.6 Å². The zero-order chi connectivity index (χ0) is 28.1. The molecule has 6 nitrogen and oxygen atoms in total. The number of methoxy groups -OCH3 is 1. The summed E-state index contributed by atoms with van der Waals surface area (Å²) in [6, 6.07) is 5.87. The van der Waals surface area contributed by atoms with E-state index in [2.05, 4.69) is 41.6 Å². The van der Waals surface area contributed by atoms with E-state index in [9.17, 15) is 9.90 Å². The molecular weight excluding hydrogens is 498 g/mol. The molecule has 1 amide bonds. The van der Waals surface area contributed by atoms with Gasteiger partial charge in [0.25, 0.3) is 0 Å². The fraction of sp³-hybridized carbons (Fsp3) is 0.765. The largest absolute Gasteiger partial charge is 0.481 e. The summed E-state index contributed by atoms with van der Waals surface area (Å²) in [6.45, 7) is 10.8. The second-order valence-corrected chi connectivity index (χ2v) is 14.3. The van der Waals surface area contributed by atoms with Crippen molar-refractivity contribution in [1.29, 1.82) is 0 Å². The normalized spacial score (nSPS) is 38.1. The van der Waals surface area contributed by atoms with Crippen LogP contribution in [0.3, 0.4) is 0 Å². The number of rotatable bonds is 6. The Kier molecular flexibility index (Phi) is 7.69. The Balaban J connectivity index is 1.03. The van der Waals surface area contributed by atoms with E-state index >= 15 is 0 Å². The molecule has 5 aliphatic rings. The summed E-state index contributed by atoms with van der Waals surface area (Å²) in [6.07, 6.45) is 13.8. The third-order valence-electron chi connectivity index (χ3n) is 12.5. The Labute approximate surface area is 241 Å². The van der Waals surface area contributed by atoms with Crippen LogP contribution in [0.2, 0.25) is 0 Å². The average Bonchev–Trinajstić information content (AvgIpc) is 3.33. The first-order chi connectivity index (χ1) is 19.2. The highest BCUT2D eigenvalue weighted by atomic mass is 16.5. The smallest absolute Gasteiger partial charge is 0.222 e. The number of nitrogens with zero attached hydrogens (tertiary/aromatic N) is 3. The van der Waals surface area contributed by atoms with E-state index in [-0.39, 0.29) is 6.10 Å². The number of piperazine rings is 1. The quantitative estimate of drug-likeness (QED) is 0.435. The summed E-state index contributed by atoms with van der Waals surface area (Å²) in [4.78, 5) is 22.1. The molecule has 6 rings (SSSR count). The molecule has 40 heavy (non-hydrogen) atoms. The molecule has 2 heterocycles. The number of hydrogen-bond donors (Lipinski definition) is 1. The number of carbonyl (C=O) groups is 1. The average molecular weight is 550 g/mol. The number of aromatic nitrogens is 1. The number of pyridine rings is 1. The number of carbonyl (C=O) groups excluding carboxylic acids is 1. The van der Waals surface area contributed by atoms with Gasteiger partial charge in [-0.15, -0.1) is 0 Å². The zero-order valence-corrected chi connectivity index (χ0v) is 25.3. The molecule has 1 N–H and O–H groups in total. The van der Waals surface area contributed by atoms with E-state index in [1.54, 1.807) is 12.7 Å². The number of allylic oxidation sites excluding steroid dienone is 1. The van der Waals surface area contributed by atoms with Crippen LogP contribution >= 0.6 is 0 Å². The molecule has 220 valence electrons. The lowest BCUT2D eigenvalue weighted by Gasteiger charge is -2.58. The summed E-state index contributed by atoms with van der Waals surface area (Å²) < 4.78 is 5.28. The van der Waals surface area contributed by atoms with Gasteiger partial charge in [0.2, 0.25) is 11.8 Å². The van der Waals surface area contributed by atoms with Crippen molar-refractivity contribution in [3.63, 3.8) is 0 Å². The Morgan fingerprint density at radius 2 is 1.90 bits per heavy atom. The van der Waals surface area contributed by atoms with Gasteiger partial charge in [0.05, 0.1) is 13.2 Å². The van der Waals surface area contributed by atoms with Crippen LogP contribution in [0.1, 0.15) is 85.0 Å². The molecule has 3 saturated carbocycles. The molecule has 1 unspecified atom stereocenters. The van der Waals surface area contributed by atoms with Crippen LogP contribution < -0.4 is 9.64 Å². The van der Waals surface area contributed by atoms with Gasteiger partial charge in [-0.25, -0.2) is 0 Å². The number of fused-ring (bicyclic) bond motifs is 5. The number of ether oxygens (including phenoxy) is 1. The van der Waals surface area contributed by atoms with E-state index in [0.29, 0.717) is 35.0 Å². The highest BCUT2D eigenvalue weighted by Gasteiger charge is 2.59. The summed E-state index contributed by atoms with van der Waals surface area (Å²) in [5.41, 5.74) is 2.29. The van der Waals surface area contributed by atoms with Crippen molar-refractivity contribution in [2.24, 2.45) is 40.4 Å². The van der Waals surface area contributed by atoms with Crippen molar-refractivity contribution in [2.45, 2.75) is 91.1 Å². The van der Waals surface area contributed by atoms with Crippen molar-refractivity contribution in [3.8, 4) is 5.88 Å². The second kappa shape index (κ2) is 11.0. The van der Waals surface area contributed by atoms with Crippen molar-refractivity contribution < 1.29 is 14.6 Å². The zero-order valence-electron chi connectivity index (χ0n) is 25.3. The minimum atomic E-state index is -0.127. The van der Waals surface area contributed by atoms with E-state index in [4.69, 9.17) is 4.74 Å². The first-order valence-electron chi connectivity index (χ1n) is 16.1. The first-order valence-corrected chi connectivity index (χ1v) is 16.1. The minimum Gasteiger partial charge on any atom is -0.481 e. The van der Waals surface area contributed by atoms with Crippen LogP contribution in [0.4, 0.5) is 5.82 Å². The van der Waals surface area contributed by atoms with Crippen LogP contribution in [0, 0.1) is 40.4 Å². The molecule has 1 aromatic rings. The number of anilines is 1. The number of aliphatic hydroxyl groups excluding tert-OH is 1. The highest BCUT2D eigenvalue weighted by Crippen LogP contribution is 2.67. The summed E-state index contributed by atoms with van der Waals surface area (Å²) >= 11 is 0. The molecule has 0 spiro atoms. The first kappa shape index (κ1) is 28.1. The van der Waals surface area contributed by atoms with Crippen molar-refractivity contribution in [2.75, 3.05) is 38.2 Å². The second-order valence-electron chi connectivity index (χ2n) is 14.3. The SMILES string of the molecule is COc1cccc(N2CCN(C(=O)CCC(C)[C@H]3CC[C@H]4[C@@H]5CC=C6C[C@@H](O)CC[C@]6(C)[C@H]5CC[C@]34C)CC2)n1. The predicted molar refractivity (Wildman–Crippen MR) is 159 cm³/mol. The monoisotopic (exact) mass is 549 g/mol. The number of aliphatic hydroxyl groups is 1. The Morgan fingerprint density at radius 1 is 1.10 bits per heavy atom.